The molecule has 0 fully saturated rings. The second-order valence-electron chi connectivity index (χ2n) is 5.66. The molecule has 0 unspecified atom stereocenters. The fourth-order valence-corrected chi connectivity index (χ4v) is 3.13. The summed E-state index contributed by atoms with van der Waals surface area (Å²) in [6, 6.07) is 9.94. The van der Waals surface area contributed by atoms with Crippen LogP contribution in [0.4, 0.5) is 5.69 Å². The first-order valence-corrected chi connectivity index (χ1v) is 9.20. The molecule has 0 radical (unpaired) electrons. The van der Waals surface area contributed by atoms with Crippen LogP contribution in [0.3, 0.4) is 0 Å². The summed E-state index contributed by atoms with van der Waals surface area (Å²) in [5, 5.41) is 7.35. The lowest BCUT2D eigenvalue weighted by atomic mass is 10.1. The number of amides is 2. The number of carbonyl (C=O) groups is 2. The molecule has 1 aromatic carbocycles. The zero-order valence-electron chi connectivity index (χ0n) is 14.9. The Balaban J connectivity index is 2.00. The smallest absolute Gasteiger partial charge is 0.276 e. The minimum Gasteiger partial charge on any atom is -0.320 e. The highest BCUT2D eigenvalue weighted by Gasteiger charge is 2.21. The van der Waals surface area contributed by atoms with E-state index in [4.69, 9.17) is 11.6 Å². The van der Waals surface area contributed by atoms with Crippen LogP contribution < -0.4 is 10.8 Å². The van der Waals surface area contributed by atoms with E-state index >= 15 is 0 Å². The van der Waals surface area contributed by atoms with Gasteiger partial charge in [0.15, 0.2) is 5.82 Å². The Bertz CT molecular complexity index is 1050. The molecule has 0 aliphatic heterocycles. The van der Waals surface area contributed by atoms with E-state index in [0.717, 1.165) is 0 Å². The normalized spacial score (nSPS) is 10.6. The zero-order valence-corrected chi connectivity index (χ0v) is 17.2. The van der Waals surface area contributed by atoms with E-state index in [1.54, 1.807) is 43.5 Å². The summed E-state index contributed by atoms with van der Waals surface area (Å²) in [5.74, 6) is -0.660. The number of nitrogens with one attached hydrogen (secondary N) is 2. The molecule has 144 valence electrons. The van der Waals surface area contributed by atoms with Crippen molar-refractivity contribution < 1.29 is 14.4 Å². The number of carbonyl (C=O) groups excluding carboxylic acids is 2. The molecule has 2 aromatic heterocycles. The molecule has 0 aliphatic carbocycles. The molecule has 0 bridgehead atoms. The lowest BCUT2D eigenvalue weighted by Crippen LogP contribution is -2.25. The van der Waals surface area contributed by atoms with Crippen LogP contribution in [-0.4, -0.2) is 33.7 Å². The van der Waals surface area contributed by atoms with Crippen LogP contribution in [0.15, 0.2) is 47.2 Å². The van der Waals surface area contributed by atoms with Gasteiger partial charge in [-0.25, -0.2) is 15.1 Å². The minimum absolute atomic E-state index is 0.189. The summed E-state index contributed by atoms with van der Waals surface area (Å²) < 4.78 is 1.76. The van der Waals surface area contributed by atoms with Crippen molar-refractivity contribution in [1.82, 2.24) is 20.2 Å². The number of hydrogen-bond acceptors (Lipinski definition) is 5. The van der Waals surface area contributed by atoms with Crippen LogP contribution in [0.2, 0.25) is 5.02 Å². The number of para-hydroxylation sites is 1. The van der Waals surface area contributed by atoms with Gasteiger partial charge in [0.1, 0.15) is 10.3 Å². The van der Waals surface area contributed by atoms with Crippen molar-refractivity contribution in [3.8, 4) is 5.82 Å². The number of nitrogens with zero attached hydrogens (tertiary/aromatic N) is 3. The van der Waals surface area contributed by atoms with E-state index in [0.29, 0.717) is 26.7 Å². The van der Waals surface area contributed by atoms with Gasteiger partial charge in [-0.1, -0.05) is 23.7 Å². The zero-order chi connectivity index (χ0) is 20.3. The Morgan fingerprint density at radius 1 is 1.21 bits per heavy atom. The van der Waals surface area contributed by atoms with Gasteiger partial charge in [-0.2, -0.15) is 5.10 Å². The average Bonchev–Trinajstić information content (AvgIpc) is 3.05. The Morgan fingerprint density at radius 3 is 2.71 bits per heavy atom. The molecule has 2 N–H and O–H groups in total. The van der Waals surface area contributed by atoms with Gasteiger partial charge in [0.2, 0.25) is 0 Å². The second-order valence-corrected chi connectivity index (χ2v) is 6.88. The maximum Gasteiger partial charge on any atom is 0.276 e. The number of benzene rings is 1. The molecule has 28 heavy (non-hydrogen) atoms. The Morgan fingerprint density at radius 2 is 2.00 bits per heavy atom. The molecule has 3 aromatic rings. The van der Waals surface area contributed by atoms with E-state index in [2.05, 4.69) is 41.6 Å². The van der Waals surface area contributed by atoms with Crippen molar-refractivity contribution in [2.45, 2.75) is 6.92 Å². The van der Waals surface area contributed by atoms with Gasteiger partial charge in [-0.05, 0) is 46.6 Å². The first kappa shape index (κ1) is 20.0. The largest absolute Gasteiger partial charge is 0.320 e. The summed E-state index contributed by atoms with van der Waals surface area (Å²) in [5.41, 5.74) is 3.76. The second kappa shape index (κ2) is 8.51. The van der Waals surface area contributed by atoms with Gasteiger partial charge < -0.3 is 5.32 Å². The molecule has 0 saturated carbocycles. The number of halogens is 2. The van der Waals surface area contributed by atoms with Crippen molar-refractivity contribution in [2.24, 2.45) is 0 Å². The highest BCUT2D eigenvalue weighted by Crippen LogP contribution is 2.24. The summed E-state index contributed by atoms with van der Waals surface area (Å²) in [7, 11) is 1.33. The van der Waals surface area contributed by atoms with Crippen LogP contribution in [0, 0.1) is 6.92 Å². The van der Waals surface area contributed by atoms with Crippen LogP contribution in [0.1, 0.15) is 26.4 Å². The highest BCUT2D eigenvalue weighted by atomic mass is 79.9. The van der Waals surface area contributed by atoms with Crippen LogP contribution >= 0.6 is 27.5 Å². The molecular formula is C18H15BrClN5O3. The number of hydroxylamine groups is 1. The predicted molar refractivity (Wildman–Crippen MR) is 108 cm³/mol. The lowest BCUT2D eigenvalue weighted by molar-refractivity contribution is 0.0538. The lowest BCUT2D eigenvalue weighted by Gasteiger charge is -2.14. The molecule has 8 nitrogen and oxygen atoms in total. The summed E-state index contributed by atoms with van der Waals surface area (Å²) in [6.07, 6.45) is 1.55. The standard InChI is InChI=1S/C18H15BrClN5O3/c1-10-5-3-6-11(17(26)24-28-2)15(10)22-18(27)13-9-14(19)23-25(13)16-12(20)7-4-8-21-16/h3-9H,1-2H3,(H,22,27)(H,24,26). The van der Waals surface area contributed by atoms with Gasteiger partial charge in [-0.3, -0.25) is 14.4 Å². The fourth-order valence-electron chi connectivity index (χ4n) is 2.56. The maximum atomic E-state index is 13.0. The topological polar surface area (TPSA) is 98.1 Å². The average molecular weight is 465 g/mol. The molecule has 0 aliphatic rings. The molecule has 10 heteroatoms. The Labute approximate surface area is 173 Å². The number of anilines is 1. The molecule has 0 spiro atoms. The number of rotatable bonds is 5. The van der Waals surface area contributed by atoms with Gasteiger partial charge in [-0.15, -0.1) is 0 Å². The fraction of sp³-hybridized carbons (Fsp3) is 0.111. The monoisotopic (exact) mass is 463 g/mol. The maximum absolute atomic E-state index is 13.0. The van der Waals surface area contributed by atoms with Gasteiger partial charge >= 0.3 is 0 Å². The van der Waals surface area contributed by atoms with Crippen LogP contribution in [0.5, 0.6) is 0 Å². The molecular weight excluding hydrogens is 450 g/mol. The SMILES string of the molecule is CONC(=O)c1cccc(C)c1NC(=O)c1cc(Br)nn1-c1ncccc1Cl. The number of hydrogen-bond donors (Lipinski definition) is 2. The van der Waals surface area contributed by atoms with Crippen molar-refractivity contribution in [2.75, 3.05) is 12.4 Å². The number of pyridine rings is 1. The molecule has 0 saturated heterocycles. The van der Waals surface area contributed by atoms with Crippen LogP contribution in [0.25, 0.3) is 5.82 Å². The minimum atomic E-state index is -0.485. The first-order valence-electron chi connectivity index (χ1n) is 8.03. The summed E-state index contributed by atoms with van der Waals surface area (Å²) >= 11 is 9.46. The van der Waals surface area contributed by atoms with E-state index < -0.39 is 11.8 Å². The van der Waals surface area contributed by atoms with E-state index in [1.165, 1.54) is 17.9 Å². The van der Waals surface area contributed by atoms with Crippen molar-refractivity contribution >= 4 is 45.0 Å². The Hall–Kier alpha value is -2.75. The third kappa shape index (κ3) is 4.06. The van der Waals surface area contributed by atoms with Crippen molar-refractivity contribution in [3.63, 3.8) is 0 Å². The van der Waals surface area contributed by atoms with E-state index in [9.17, 15) is 9.59 Å². The molecule has 3 rings (SSSR count). The summed E-state index contributed by atoms with van der Waals surface area (Å²) in [4.78, 5) is 34.1. The Kier molecular flexibility index (Phi) is 6.08. The molecule has 0 atom stereocenters. The van der Waals surface area contributed by atoms with Gasteiger partial charge in [0.05, 0.1) is 23.4 Å². The molecule has 2 amide bonds. The summed E-state index contributed by atoms with van der Waals surface area (Å²) in [6.45, 7) is 1.78. The predicted octanol–water partition coefficient (Wildman–Crippen LogP) is 3.54. The van der Waals surface area contributed by atoms with E-state index in [-0.39, 0.29) is 11.3 Å². The van der Waals surface area contributed by atoms with E-state index in [1.807, 2.05) is 0 Å². The van der Waals surface area contributed by atoms with Crippen LogP contribution in [-0.2, 0) is 4.84 Å². The quantitative estimate of drug-likeness (QED) is 0.563. The number of aromatic nitrogens is 3. The third-order valence-corrected chi connectivity index (χ3v) is 4.49. The first-order chi connectivity index (χ1) is 13.4. The van der Waals surface area contributed by atoms with Crippen molar-refractivity contribution in [3.05, 3.63) is 69.0 Å². The van der Waals surface area contributed by atoms with Gasteiger partial charge in [0.25, 0.3) is 11.8 Å². The van der Waals surface area contributed by atoms with Gasteiger partial charge in [0, 0.05) is 12.3 Å². The molecule has 2 heterocycles. The van der Waals surface area contributed by atoms with Crippen molar-refractivity contribution in [1.29, 1.82) is 0 Å². The number of aryl methyl sites for hydroxylation is 1. The highest BCUT2D eigenvalue weighted by molar-refractivity contribution is 9.10. The third-order valence-electron chi connectivity index (χ3n) is 3.80.